The van der Waals surface area contributed by atoms with E-state index >= 15 is 0 Å². The molecule has 1 aliphatic heterocycles. The van der Waals surface area contributed by atoms with E-state index in [0.717, 1.165) is 18.0 Å². The van der Waals surface area contributed by atoms with Crippen LogP contribution in [0, 0.1) is 5.92 Å². The zero-order valence-corrected chi connectivity index (χ0v) is 9.13. The molecule has 2 fully saturated rings. The van der Waals surface area contributed by atoms with E-state index in [4.69, 9.17) is 0 Å². The minimum atomic E-state index is 0.851. The second-order valence-corrected chi connectivity index (χ2v) is 4.95. The van der Waals surface area contributed by atoms with Crippen LogP contribution in [0.5, 0.6) is 0 Å². The maximum Gasteiger partial charge on any atom is 0.0139 e. The zero-order valence-electron chi connectivity index (χ0n) is 9.13. The predicted molar refractivity (Wildman–Crippen MR) is 56.8 cm³/mol. The smallest absolute Gasteiger partial charge is 0.0139 e. The average Bonchev–Trinajstić information content (AvgIpc) is 2.07. The van der Waals surface area contributed by atoms with Gasteiger partial charge in [0.05, 0.1) is 0 Å². The van der Waals surface area contributed by atoms with Crippen molar-refractivity contribution in [3.8, 4) is 0 Å². The molecule has 0 spiro atoms. The van der Waals surface area contributed by atoms with Crippen LogP contribution in [0.2, 0.25) is 0 Å². The van der Waals surface area contributed by atoms with E-state index in [0.29, 0.717) is 0 Å². The summed E-state index contributed by atoms with van der Waals surface area (Å²) in [6.07, 6.45) is 8.71. The highest BCUT2D eigenvalue weighted by Crippen LogP contribution is 2.38. The molecular formula is C12H23N. The Morgan fingerprint density at radius 3 is 2.77 bits per heavy atom. The highest BCUT2D eigenvalue weighted by atomic mass is 15.2. The first kappa shape index (κ1) is 9.51. The number of likely N-dealkylation sites (tertiary alicyclic amines) is 1. The number of nitrogens with zero attached hydrogens (tertiary/aromatic N) is 1. The molecule has 1 aliphatic carbocycles. The summed E-state index contributed by atoms with van der Waals surface area (Å²) in [6.45, 7) is 6.12. The van der Waals surface area contributed by atoms with Gasteiger partial charge in [0.2, 0.25) is 0 Å². The van der Waals surface area contributed by atoms with Crippen molar-refractivity contribution >= 4 is 0 Å². The first-order valence-corrected chi connectivity index (χ1v) is 6.08. The molecule has 0 amide bonds. The van der Waals surface area contributed by atoms with Crippen LogP contribution < -0.4 is 0 Å². The lowest BCUT2D eigenvalue weighted by Crippen LogP contribution is -2.60. The number of hydrogen-bond acceptors (Lipinski definition) is 1. The van der Waals surface area contributed by atoms with Gasteiger partial charge in [0.15, 0.2) is 0 Å². The summed E-state index contributed by atoms with van der Waals surface area (Å²) in [4.78, 5) is 2.76. The second-order valence-electron chi connectivity index (χ2n) is 4.95. The van der Waals surface area contributed by atoms with Crippen molar-refractivity contribution in [3.05, 3.63) is 0 Å². The van der Waals surface area contributed by atoms with E-state index < -0.39 is 0 Å². The van der Waals surface area contributed by atoms with E-state index in [1.807, 2.05) is 0 Å². The van der Waals surface area contributed by atoms with Crippen molar-refractivity contribution in [3.63, 3.8) is 0 Å². The van der Waals surface area contributed by atoms with Gasteiger partial charge in [-0.05, 0) is 32.1 Å². The Morgan fingerprint density at radius 1 is 1.31 bits per heavy atom. The standard InChI is InChI=1S/C12H23N/c1-3-6-10(2)13-9-11-7-4-5-8-12(11)13/h10-12H,3-9H2,1-2H3/t10?,11-,12-/m1/s1. The van der Waals surface area contributed by atoms with E-state index in [2.05, 4.69) is 18.7 Å². The Balaban J connectivity index is 1.82. The third-order valence-electron chi connectivity index (χ3n) is 4.01. The molecule has 1 saturated carbocycles. The minimum Gasteiger partial charge on any atom is -0.297 e. The molecule has 0 N–H and O–H groups in total. The summed E-state index contributed by atoms with van der Waals surface area (Å²) in [6, 6.07) is 1.83. The average molecular weight is 181 g/mol. The monoisotopic (exact) mass is 181 g/mol. The molecule has 76 valence electrons. The maximum atomic E-state index is 2.76. The SMILES string of the molecule is CCCC(C)N1C[C@H]2CCCC[C@H]21. The maximum absolute atomic E-state index is 2.76. The normalized spacial score (nSPS) is 36.5. The molecule has 0 aromatic heterocycles. The third kappa shape index (κ3) is 1.76. The number of rotatable bonds is 3. The lowest BCUT2D eigenvalue weighted by molar-refractivity contribution is -0.0441. The fourth-order valence-electron chi connectivity index (χ4n) is 3.20. The number of fused-ring (bicyclic) bond motifs is 1. The Labute approximate surface area is 82.5 Å². The van der Waals surface area contributed by atoms with Crippen LogP contribution in [0.3, 0.4) is 0 Å². The Hall–Kier alpha value is -0.0400. The zero-order chi connectivity index (χ0) is 9.26. The van der Waals surface area contributed by atoms with Gasteiger partial charge in [0, 0.05) is 18.6 Å². The number of hydrogen-bond donors (Lipinski definition) is 0. The van der Waals surface area contributed by atoms with Gasteiger partial charge in [-0.2, -0.15) is 0 Å². The van der Waals surface area contributed by atoms with Gasteiger partial charge in [0.25, 0.3) is 0 Å². The fourth-order valence-corrected chi connectivity index (χ4v) is 3.20. The fraction of sp³-hybridized carbons (Fsp3) is 1.00. The van der Waals surface area contributed by atoms with E-state index in [-0.39, 0.29) is 0 Å². The van der Waals surface area contributed by atoms with Crippen molar-refractivity contribution in [2.75, 3.05) is 6.54 Å². The summed E-state index contributed by atoms with van der Waals surface area (Å²) in [5, 5.41) is 0. The molecule has 1 heterocycles. The van der Waals surface area contributed by atoms with Crippen LogP contribution >= 0.6 is 0 Å². The third-order valence-corrected chi connectivity index (χ3v) is 4.01. The molecule has 0 aromatic carbocycles. The highest BCUT2D eigenvalue weighted by molar-refractivity contribution is 4.96. The summed E-state index contributed by atoms with van der Waals surface area (Å²) in [7, 11) is 0. The molecule has 1 unspecified atom stereocenters. The van der Waals surface area contributed by atoms with Gasteiger partial charge in [-0.1, -0.05) is 26.2 Å². The molecular weight excluding hydrogens is 158 g/mol. The molecule has 1 saturated heterocycles. The summed E-state index contributed by atoms with van der Waals surface area (Å²) < 4.78 is 0. The molecule has 2 rings (SSSR count). The van der Waals surface area contributed by atoms with Crippen molar-refractivity contribution < 1.29 is 0 Å². The summed E-state index contributed by atoms with van der Waals surface area (Å²) in [5.41, 5.74) is 0. The van der Waals surface area contributed by atoms with Crippen LogP contribution in [0.15, 0.2) is 0 Å². The second kappa shape index (κ2) is 4.00. The van der Waals surface area contributed by atoms with E-state index in [1.54, 1.807) is 0 Å². The topological polar surface area (TPSA) is 3.24 Å². The van der Waals surface area contributed by atoms with Crippen LogP contribution in [0.25, 0.3) is 0 Å². The molecule has 1 nitrogen and oxygen atoms in total. The largest absolute Gasteiger partial charge is 0.297 e. The lowest BCUT2D eigenvalue weighted by Gasteiger charge is -2.54. The van der Waals surface area contributed by atoms with Crippen LogP contribution in [-0.4, -0.2) is 23.5 Å². The molecule has 1 heteroatoms. The van der Waals surface area contributed by atoms with Crippen molar-refractivity contribution in [2.24, 2.45) is 5.92 Å². The summed E-state index contributed by atoms with van der Waals surface area (Å²) in [5.74, 6) is 1.08. The van der Waals surface area contributed by atoms with Crippen molar-refractivity contribution in [2.45, 2.75) is 64.5 Å². The highest BCUT2D eigenvalue weighted by Gasteiger charge is 2.41. The van der Waals surface area contributed by atoms with E-state index in [1.165, 1.54) is 45.1 Å². The quantitative estimate of drug-likeness (QED) is 0.647. The Morgan fingerprint density at radius 2 is 2.08 bits per heavy atom. The molecule has 0 bridgehead atoms. The van der Waals surface area contributed by atoms with Gasteiger partial charge in [-0.15, -0.1) is 0 Å². The van der Waals surface area contributed by atoms with E-state index in [9.17, 15) is 0 Å². The van der Waals surface area contributed by atoms with Crippen molar-refractivity contribution in [1.29, 1.82) is 0 Å². The van der Waals surface area contributed by atoms with Gasteiger partial charge < -0.3 is 0 Å². The summed E-state index contributed by atoms with van der Waals surface area (Å²) >= 11 is 0. The van der Waals surface area contributed by atoms with Gasteiger partial charge in [-0.3, -0.25) is 4.90 Å². The first-order valence-electron chi connectivity index (χ1n) is 6.08. The van der Waals surface area contributed by atoms with Gasteiger partial charge >= 0.3 is 0 Å². The minimum absolute atomic E-state index is 0.851. The molecule has 0 radical (unpaired) electrons. The predicted octanol–water partition coefficient (Wildman–Crippen LogP) is 3.05. The van der Waals surface area contributed by atoms with Crippen LogP contribution in [0.4, 0.5) is 0 Å². The van der Waals surface area contributed by atoms with Crippen LogP contribution in [-0.2, 0) is 0 Å². The van der Waals surface area contributed by atoms with Gasteiger partial charge in [0.1, 0.15) is 0 Å². The molecule has 0 aromatic rings. The molecule has 2 aliphatic rings. The molecule has 13 heavy (non-hydrogen) atoms. The van der Waals surface area contributed by atoms with Gasteiger partial charge in [-0.25, -0.2) is 0 Å². The Bertz CT molecular complexity index is 167. The molecule has 3 atom stereocenters. The van der Waals surface area contributed by atoms with Crippen LogP contribution in [0.1, 0.15) is 52.4 Å². The van der Waals surface area contributed by atoms with Crippen molar-refractivity contribution in [1.82, 2.24) is 4.90 Å². The first-order chi connectivity index (χ1) is 6.33. The Kier molecular flexibility index (Phi) is 2.92. The lowest BCUT2D eigenvalue weighted by atomic mass is 9.76.